The lowest BCUT2D eigenvalue weighted by Gasteiger charge is -2.40. The van der Waals surface area contributed by atoms with Crippen LogP contribution in [0.1, 0.15) is 316 Å². The average molecular weight is 995 g/mol. The minimum Gasteiger partial charge on any atom is -0.394 e. The standard InChI is InChI=1S/C61H119NO8/c1-3-5-7-9-11-13-15-16-17-18-19-20-21-22-23-24-25-26-27-28-29-30-31-32-33-34-35-36-37-38-39-40-41-43-45-47-49-51-57(65)62-54(53-69-61-60(68)59(67)58(66)56(52-63)70-61)55(64)50-48-46-44-42-14-12-10-8-6-4-2/h48,50,54-56,58-61,63-64,66-68H,3-47,49,51-53H2,1-2H3,(H,62,65)/b50-48+. The average Bonchev–Trinajstić information content (AvgIpc) is 3.36. The van der Waals surface area contributed by atoms with Gasteiger partial charge in [0.2, 0.25) is 5.91 Å². The first-order chi connectivity index (χ1) is 34.3. The second-order valence-electron chi connectivity index (χ2n) is 21.9. The van der Waals surface area contributed by atoms with Gasteiger partial charge in [-0.1, -0.05) is 302 Å². The Kier molecular flexibility index (Phi) is 49.2. The van der Waals surface area contributed by atoms with E-state index in [1.807, 2.05) is 6.08 Å². The Morgan fingerprint density at radius 3 is 1.11 bits per heavy atom. The van der Waals surface area contributed by atoms with E-state index in [0.717, 1.165) is 38.5 Å². The smallest absolute Gasteiger partial charge is 0.220 e. The van der Waals surface area contributed by atoms with E-state index in [4.69, 9.17) is 9.47 Å². The van der Waals surface area contributed by atoms with E-state index in [1.165, 1.54) is 257 Å². The summed E-state index contributed by atoms with van der Waals surface area (Å²) in [4.78, 5) is 13.0. The van der Waals surface area contributed by atoms with Gasteiger partial charge in [-0.05, 0) is 19.3 Å². The molecule has 1 aliphatic rings. The molecule has 1 heterocycles. The van der Waals surface area contributed by atoms with Gasteiger partial charge in [0, 0.05) is 6.42 Å². The normalized spacial score (nSPS) is 19.3. The largest absolute Gasteiger partial charge is 0.394 e. The van der Waals surface area contributed by atoms with Crippen molar-refractivity contribution in [2.45, 2.75) is 358 Å². The van der Waals surface area contributed by atoms with Gasteiger partial charge in [0.25, 0.3) is 0 Å². The Hall–Kier alpha value is -1.07. The van der Waals surface area contributed by atoms with Crippen molar-refractivity contribution in [3.8, 4) is 0 Å². The molecule has 1 rings (SSSR count). The number of hydrogen-bond donors (Lipinski definition) is 6. The summed E-state index contributed by atoms with van der Waals surface area (Å²) in [6, 6.07) is -0.799. The van der Waals surface area contributed by atoms with E-state index in [9.17, 15) is 30.3 Å². The summed E-state index contributed by atoms with van der Waals surface area (Å²) in [6.07, 6.45) is 57.7. The summed E-state index contributed by atoms with van der Waals surface area (Å²) in [5, 5.41) is 54.3. The second kappa shape index (κ2) is 51.4. The number of unbranched alkanes of at least 4 members (excludes halogenated alkanes) is 44. The molecule has 6 N–H and O–H groups in total. The molecule has 0 aromatic carbocycles. The Balaban J connectivity index is 1.99. The molecule has 1 fully saturated rings. The maximum absolute atomic E-state index is 13.0. The van der Waals surface area contributed by atoms with E-state index in [0.29, 0.717) is 6.42 Å². The van der Waals surface area contributed by atoms with Crippen LogP contribution in [0, 0.1) is 0 Å². The number of nitrogens with one attached hydrogen (secondary N) is 1. The minimum absolute atomic E-state index is 0.172. The van der Waals surface area contributed by atoms with Crippen LogP contribution in [-0.2, 0) is 14.3 Å². The second-order valence-corrected chi connectivity index (χ2v) is 21.9. The quantitative estimate of drug-likeness (QED) is 0.0261. The SMILES string of the molecule is CCCCCCCCCC/C=C/C(O)C(COC1OC(CO)C(O)C(O)C1O)NC(=O)CCCCCCCCCCCCCCCCCCCCCCCCCCCCCCCCCCCCCCC. The van der Waals surface area contributed by atoms with Gasteiger partial charge in [0.1, 0.15) is 24.4 Å². The maximum Gasteiger partial charge on any atom is 0.220 e. The van der Waals surface area contributed by atoms with Crippen LogP contribution in [0.5, 0.6) is 0 Å². The fourth-order valence-corrected chi connectivity index (χ4v) is 10.2. The van der Waals surface area contributed by atoms with Crippen LogP contribution < -0.4 is 5.32 Å². The van der Waals surface area contributed by atoms with Crippen molar-refractivity contribution in [2.24, 2.45) is 0 Å². The van der Waals surface area contributed by atoms with Crippen molar-refractivity contribution in [3.63, 3.8) is 0 Å². The van der Waals surface area contributed by atoms with Crippen molar-refractivity contribution >= 4 is 5.91 Å². The molecule has 0 spiro atoms. The fraction of sp³-hybridized carbons (Fsp3) is 0.951. The summed E-state index contributed by atoms with van der Waals surface area (Å²) < 4.78 is 11.2. The van der Waals surface area contributed by atoms with Crippen LogP contribution in [0.15, 0.2) is 12.2 Å². The molecule has 0 aromatic rings. The molecule has 0 aromatic heterocycles. The molecule has 1 amide bonds. The predicted octanol–water partition coefficient (Wildman–Crippen LogP) is 15.6. The van der Waals surface area contributed by atoms with E-state index >= 15 is 0 Å². The number of allylic oxidation sites excluding steroid dienone is 1. The van der Waals surface area contributed by atoms with Gasteiger partial charge in [0.15, 0.2) is 6.29 Å². The van der Waals surface area contributed by atoms with Gasteiger partial charge in [-0.15, -0.1) is 0 Å². The zero-order chi connectivity index (χ0) is 50.8. The lowest BCUT2D eigenvalue weighted by Crippen LogP contribution is -2.60. The van der Waals surface area contributed by atoms with E-state index in [1.54, 1.807) is 6.08 Å². The lowest BCUT2D eigenvalue weighted by molar-refractivity contribution is -0.302. The maximum atomic E-state index is 13.0. The number of ether oxygens (including phenoxy) is 2. The first kappa shape index (κ1) is 66.9. The molecule has 416 valence electrons. The molecular weight excluding hydrogens is 875 g/mol. The Bertz CT molecular complexity index is 1110. The van der Waals surface area contributed by atoms with Gasteiger partial charge >= 0.3 is 0 Å². The Labute approximate surface area is 433 Å². The van der Waals surface area contributed by atoms with Gasteiger partial charge in [0.05, 0.1) is 25.4 Å². The molecule has 9 nitrogen and oxygen atoms in total. The third-order valence-electron chi connectivity index (χ3n) is 15.1. The molecule has 0 aliphatic carbocycles. The first-order valence-corrected chi connectivity index (χ1v) is 30.9. The molecule has 9 heteroatoms. The minimum atomic E-state index is -1.56. The summed E-state index contributed by atoms with van der Waals surface area (Å²) in [7, 11) is 0. The van der Waals surface area contributed by atoms with Gasteiger partial charge in [-0.2, -0.15) is 0 Å². The predicted molar refractivity (Wildman–Crippen MR) is 295 cm³/mol. The molecular formula is C61H119NO8. The number of amides is 1. The molecule has 0 saturated carbocycles. The van der Waals surface area contributed by atoms with Gasteiger partial charge in [-0.25, -0.2) is 0 Å². The van der Waals surface area contributed by atoms with Crippen LogP contribution in [0.2, 0.25) is 0 Å². The number of carbonyl (C=O) groups excluding carboxylic acids is 1. The highest BCUT2D eigenvalue weighted by atomic mass is 16.7. The number of rotatable bonds is 54. The Morgan fingerprint density at radius 1 is 0.471 bits per heavy atom. The zero-order valence-electron chi connectivity index (χ0n) is 46.3. The number of aliphatic hydroxyl groups excluding tert-OH is 5. The van der Waals surface area contributed by atoms with E-state index in [2.05, 4.69) is 19.2 Å². The van der Waals surface area contributed by atoms with Crippen molar-refractivity contribution in [3.05, 3.63) is 12.2 Å². The highest BCUT2D eigenvalue weighted by molar-refractivity contribution is 5.76. The number of aliphatic hydroxyl groups is 5. The molecule has 0 bridgehead atoms. The van der Waals surface area contributed by atoms with E-state index < -0.39 is 49.5 Å². The molecule has 70 heavy (non-hydrogen) atoms. The number of carbonyl (C=O) groups is 1. The summed E-state index contributed by atoms with van der Waals surface area (Å²) in [6.45, 7) is 3.79. The Morgan fingerprint density at radius 2 is 0.786 bits per heavy atom. The van der Waals surface area contributed by atoms with Crippen LogP contribution in [0.4, 0.5) is 0 Å². The fourth-order valence-electron chi connectivity index (χ4n) is 10.2. The molecule has 0 radical (unpaired) electrons. The van der Waals surface area contributed by atoms with Crippen LogP contribution >= 0.6 is 0 Å². The molecule has 7 atom stereocenters. The third-order valence-corrected chi connectivity index (χ3v) is 15.1. The van der Waals surface area contributed by atoms with Crippen LogP contribution in [0.25, 0.3) is 0 Å². The lowest BCUT2D eigenvalue weighted by atomic mass is 9.99. The molecule has 1 aliphatic heterocycles. The van der Waals surface area contributed by atoms with Crippen molar-refractivity contribution in [1.82, 2.24) is 5.32 Å². The summed E-state index contributed by atoms with van der Waals surface area (Å²) >= 11 is 0. The first-order valence-electron chi connectivity index (χ1n) is 30.9. The highest BCUT2D eigenvalue weighted by Gasteiger charge is 2.44. The summed E-state index contributed by atoms with van der Waals surface area (Å²) in [5.41, 5.74) is 0. The molecule has 7 unspecified atom stereocenters. The highest BCUT2D eigenvalue weighted by Crippen LogP contribution is 2.23. The van der Waals surface area contributed by atoms with Crippen molar-refractivity contribution < 1.29 is 39.8 Å². The zero-order valence-corrected chi connectivity index (χ0v) is 46.3. The van der Waals surface area contributed by atoms with Crippen LogP contribution in [0.3, 0.4) is 0 Å². The van der Waals surface area contributed by atoms with Crippen molar-refractivity contribution in [1.29, 1.82) is 0 Å². The van der Waals surface area contributed by atoms with Gasteiger partial charge in [-0.3, -0.25) is 4.79 Å². The van der Waals surface area contributed by atoms with Crippen LogP contribution in [-0.4, -0.2) is 87.5 Å². The monoisotopic (exact) mass is 994 g/mol. The van der Waals surface area contributed by atoms with Crippen molar-refractivity contribution in [2.75, 3.05) is 13.2 Å². The van der Waals surface area contributed by atoms with E-state index in [-0.39, 0.29) is 12.5 Å². The third kappa shape index (κ3) is 40.3. The summed E-state index contributed by atoms with van der Waals surface area (Å²) in [5.74, 6) is -0.172. The van der Waals surface area contributed by atoms with Gasteiger partial charge < -0.3 is 40.3 Å². The topological polar surface area (TPSA) is 149 Å². The number of hydrogen-bond acceptors (Lipinski definition) is 8. The molecule has 1 saturated heterocycles.